The first-order chi connectivity index (χ1) is 14.1. The molecular formula is C26H24O3. The zero-order valence-electron chi connectivity index (χ0n) is 16.6. The maximum absolute atomic E-state index is 10.8. The van der Waals surface area contributed by atoms with Crippen LogP contribution in [0.3, 0.4) is 0 Å². The van der Waals surface area contributed by atoms with Gasteiger partial charge in [0.25, 0.3) is 0 Å². The van der Waals surface area contributed by atoms with E-state index in [4.69, 9.17) is 9.47 Å². The van der Waals surface area contributed by atoms with Crippen LogP contribution in [0.4, 0.5) is 0 Å². The van der Waals surface area contributed by atoms with Crippen molar-refractivity contribution in [1.82, 2.24) is 0 Å². The maximum atomic E-state index is 10.8. The van der Waals surface area contributed by atoms with Gasteiger partial charge < -0.3 is 14.6 Å². The topological polar surface area (TPSA) is 38.7 Å². The first-order valence-electron chi connectivity index (χ1n) is 9.80. The van der Waals surface area contributed by atoms with Gasteiger partial charge in [-0.05, 0) is 60.7 Å². The average Bonchev–Trinajstić information content (AvgIpc) is 2.74. The molecule has 0 saturated heterocycles. The molecule has 0 atom stereocenters. The predicted octanol–water partition coefficient (Wildman–Crippen LogP) is 6.58. The van der Waals surface area contributed by atoms with Gasteiger partial charge in [-0.2, -0.15) is 0 Å². The molecule has 1 N–H and O–H groups in total. The Hall–Kier alpha value is -3.46. The molecule has 29 heavy (non-hydrogen) atoms. The summed E-state index contributed by atoms with van der Waals surface area (Å²) in [5, 5.41) is 12.6. The molecule has 0 aliphatic rings. The molecule has 3 nitrogen and oxygen atoms in total. The van der Waals surface area contributed by atoms with Crippen molar-refractivity contribution in [1.29, 1.82) is 0 Å². The lowest BCUT2D eigenvalue weighted by Gasteiger charge is -2.12. The van der Waals surface area contributed by atoms with Gasteiger partial charge >= 0.3 is 0 Å². The normalized spacial score (nSPS) is 11.0. The van der Waals surface area contributed by atoms with E-state index in [0.717, 1.165) is 39.0 Å². The van der Waals surface area contributed by atoms with E-state index in [1.807, 2.05) is 98.8 Å². The van der Waals surface area contributed by atoms with E-state index in [1.165, 1.54) is 0 Å². The second-order valence-electron chi connectivity index (χ2n) is 7.31. The Morgan fingerprint density at radius 3 is 2.24 bits per heavy atom. The number of ether oxygens (including phenoxy) is 2. The van der Waals surface area contributed by atoms with Crippen LogP contribution in [0.2, 0.25) is 0 Å². The minimum atomic E-state index is 0.133. The molecule has 0 aromatic heterocycles. The Morgan fingerprint density at radius 1 is 0.793 bits per heavy atom. The lowest BCUT2D eigenvalue weighted by molar-refractivity contribution is 0.242. The van der Waals surface area contributed by atoms with Crippen molar-refractivity contribution in [2.45, 2.75) is 26.6 Å². The number of hydrogen-bond donors (Lipinski definition) is 1. The van der Waals surface area contributed by atoms with Gasteiger partial charge in [0.15, 0.2) is 0 Å². The molecule has 0 aliphatic heterocycles. The van der Waals surface area contributed by atoms with E-state index in [2.05, 4.69) is 0 Å². The van der Waals surface area contributed by atoms with Crippen molar-refractivity contribution in [3.63, 3.8) is 0 Å². The summed E-state index contributed by atoms with van der Waals surface area (Å²) in [4.78, 5) is 0. The molecule has 0 radical (unpaired) electrons. The van der Waals surface area contributed by atoms with Crippen LogP contribution >= 0.6 is 0 Å². The lowest BCUT2D eigenvalue weighted by Crippen LogP contribution is -2.05. The summed E-state index contributed by atoms with van der Waals surface area (Å²) < 4.78 is 11.6. The molecule has 4 aromatic rings. The molecule has 0 spiro atoms. The third kappa shape index (κ3) is 4.35. The SMILES string of the molecule is CC(C)Oc1ccc(-c2ccc3cc(OCc4ccccc4)ccc3c2O)cc1. The highest BCUT2D eigenvalue weighted by atomic mass is 16.5. The monoisotopic (exact) mass is 384 g/mol. The van der Waals surface area contributed by atoms with Gasteiger partial charge in [-0.25, -0.2) is 0 Å². The van der Waals surface area contributed by atoms with E-state index < -0.39 is 0 Å². The second kappa shape index (κ2) is 8.27. The molecule has 0 unspecified atom stereocenters. The van der Waals surface area contributed by atoms with Crippen LogP contribution in [0.5, 0.6) is 17.2 Å². The van der Waals surface area contributed by atoms with Gasteiger partial charge in [0.1, 0.15) is 23.9 Å². The Kier molecular flexibility index (Phi) is 5.39. The zero-order chi connectivity index (χ0) is 20.2. The minimum Gasteiger partial charge on any atom is -0.507 e. The van der Waals surface area contributed by atoms with Gasteiger partial charge in [0.2, 0.25) is 0 Å². The Bertz CT molecular complexity index is 1100. The summed E-state index contributed by atoms with van der Waals surface area (Å²) in [6.07, 6.45) is 0.133. The number of hydrogen-bond acceptors (Lipinski definition) is 3. The largest absolute Gasteiger partial charge is 0.507 e. The van der Waals surface area contributed by atoms with E-state index in [1.54, 1.807) is 0 Å². The number of fused-ring (bicyclic) bond motifs is 1. The zero-order valence-corrected chi connectivity index (χ0v) is 16.6. The summed E-state index contributed by atoms with van der Waals surface area (Å²) in [7, 11) is 0. The standard InChI is InChI=1S/C26H24O3/c1-18(2)29-22-11-8-20(9-12-22)24-14-10-21-16-23(13-15-25(21)26(24)27)28-17-19-6-4-3-5-7-19/h3-16,18,27H,17H2,1-2H3. The number of benzene rings is 4. The molecule has 3 heteroatoms. The third-order valence-corrected chi connectivity index (χ3v) is 4.75. The van der Waals surface area contributed by atoms with Gasteiger partial charge in [0, 0.05) is 10.9 Å². The van der Waals surface area contributed by atoms with Gasteiger partial charge in [0.05, 0.1) is 6.10 Å². The minimum absolute atomic E-state index is 0.133. The lowest BCUT2D eigenvalue weighted by atomic mass is 9.99. The fraction of sp³-hybridized carbons (Fsp3) is 0.154. The number of aromatic hydroxyl groups is 1. The highest BCUT2D eigenvalue weighted by Crippen LogP contribution is 2.37. The van der Waals surface area contributed by atoms with E-state index in [0.29, 0.717) is 6.61 Å². The summed E-state index contributed by atoms with van der Waals surface area (Å²) in [5.74, 6) is 1.88. The molecule has 4 rings (SSSR count). The van der Waals surface area contributed by atoms with Crippen LogP contribution in [0.25, 0.3) is 21.9 Å². The molecule has 4 aromatic carbocycles. The Morgan fingerprint density at radius 2 is 1.52 bits per heavy atom. The van der Waals surface area contributed by atoms with Crippen molar-refractivity contribution in [3.05, 3.63) is 90.5 Å². The van der Waals surface area contributed by atoms with Crippen LogP contribution in [0.1, 0.15) is 19.4 Å². The molecule has 0 saturated carbocycles. The number of rotatable bonds is 6. The highest BCUT2D eigenvalue weighted by molar-refractivity contribution is 5.95. The van der Waals surface area contributed by atoms with Crippen LogP contribution < -0.4 is 9.47 Å². The number of phenolic OH excluding ortho intramolecular Hbond substituents is 1. The fourth-order valence-electron chi connectivity index (χ4n) is 3.34. The summed E-state index contributed by atoms with van der Waals surface area (Å²) in [5.41, 5.74) is 2.87. The molecule has 146 valence electrons. The fourth-order valence-corrected chi connectivity index (χ4v) is 3.34. The molecule has 0 bridgehead atoms. The predicted molar refractivity (Wildman–Crippen MR) is 118 cm³/mol. The van der Waals surface area contributed by atoms with Crippen LogP contribution in [0.15, 0.2) is 84.9 Å². The van der Waals surface area contributed by atoms with E-state index in [9.17, 15) is 5.11 Å². The Labute approximate surface area is 171 Å². The van der Waals surface area contributed by atoms with Crippen molar-refractivity contribution >= 4 is 10.8 Å². The maximum Gasteiger partial charge on any atom is 0.131 e. The number of phenols is 1. The van der Waals surface area contributed by atoms with Gasteiger partial charge in [-0.1, -0.05) is 54.6 Å². The van der Waals surface area contributed by atoms with Crippen molar-refractivity contribution in [3.8, 4) is 28.4 Å². The smallest absolute Gasteiger partial charge is 0.131 e. The molecule has 0 amide bonds. The molecular weight excluding hydrogens is 360 g/mol. The first-order valence-corrected chi connectivity index (χ1v) is 9.80. The summed E-state index contributed by atoms with van der Waals surface area (Å²) >= 11 is 0. The first kappa shape index (κ1) is 18.9. The van der Waals surface area contributed by atoms with E-state index >= 15 is 0 Å². The van der Waals surface area contributed by atoms with Crippen LogP contribution in [-0.2, 0) is 6.61 Å². The van der Waals surface area contributed by atoms with E-state index in [-0.39, 0.29) is 11.9 Å². The molecule has 0 aliphatic carbocycles. The van der Waals surface area contributed by atoms with Crippen LogP contribution in [0, 0.1) is 0 Å². The van der Waals surface area contributed by atoms with Gasteiger partial charge in [-0.3, -0.25) is 0 Å². The molecule has 0 fully saturated rings. The van der Waals surface area contributed by atoms with Crippen molar-refractivity contribution in [2.24, 2.45) is 0 Å². The summed E-state index contributed by atoms with van der Waals surface area (Å²) in [6, 6.07) is 27.6. The summed E-state index contributed by atoms with van der Waals surface area (Å²) in [6.45, 7) is 4.52. The van der Waals surface area contributed by atoms with Crippen molar-refractivity contribution < 1.29 is 14.6 Å². The highest BCUT2D eigenvalue weighted by Gasteiger charge is 2.10. The quantitative estimate of drug-likeness (QED) is 0.408. The molecule has 0 heterocycles. The van der Waals surface area contributed by atoms with Gasteiger partial charge in [-0.15, -0.1) is 0 Å². The average molecular weight is 384 g/mol. The third-order valence-electron chi connectivity index (χ3n) is 4.75. The second-order valence-corrected chi connectivity index (χ2v) is 7.31. The Balaban J connectivity index is 1.57. The van der Waals surface area contributed by atoms with Crippen LogP contribution in [-0.4, -0.2) is 11.2 Å². The van der Waals surface area contributed by atoms with Crippen molar-refractivity contribution in [2.75, 3.05) is 0 Å².